The van der Waals surface area contributed by atoms with E-state index >= 15 is 0 Å². The maximum atomic E-state index is 12.1. The molecule has 0 unspecified atom stereocenters. The molecule has 0 spiro atoms. The monoisotopic (exact) mass is 295 g/mol. The smallest absolute Gasteiger partial charge is 0.340 e. The Morgan fingerprint density at radius 3 is 2.29 bits per heavy atom. The number of ketones is 1. The summed E-state index contributed by atoms with van der Waals surface area (Å²) in [5.74, 6) is -1.57. The van der Waals surface area contributed by atoms with Crippen LogP contribution in [-0.2, 0) is 14.3 Å². The first-order valence-electron chi connectivity index (χ1n) is 6.85. The van der Waals surface area contributed by atoms with Crippen molar-refractivity contribution >= 4 is 17.7 Å². The molecule has 0 saturated carbocycles. The highest BCUT2D eigenvalue weighted by Crippen LogP contribution is 2.19. The van der Waals surface area contributed by atoms with E-state index < -0.39 is 11.9 Å². The van der Waals surface area contributed by atoms with Crippen LogP contribution in [-0.4, -0.2) is 35.9 Å². The van der Waals surface area contributed by atoms with E-state index in [-0.39, 0.29) is 30.6 Å². The topological polar surface area (TPSA) is 85.5 Å². The minimum Gasteiger partial charge on any atom is -0.462 e. The maximum Gasteiger partial charge on any atom is 0.340 e. The summed E-state index contributed by atoms with van der Waals surface area (Å²) in [6.45, 7) is 8.36. The van der Waals surface area contributed by atoms with E-state index in [0.29, 0.717) is 16.8 Å². The van der Waals surface area contributed by atoms with Crippen LogP contribution < -0.4 is 0 Å². The number of aryl methyl sites for hydroxylation is 1. The molecule has 116 valence electrons. The molecular weight excluding hydrogens is 274 g/mol. The van der Waals surface area contributed by atoms with Gasteiger partial charge in [0.2, 0.25) is 5.78 Å². The summed E-state index contributed by atoms with van der Waals surface area (Å²) in [5.41, 5.74) is 1.70. The number of Topliss-reactive ketones (excluding diaryl/α,β-unsaturated/α-hetero) is 1. The molecule has 0 aliphatic heterocycles. The summed E-state index contributed by atoms with van der Waals surface area (Å²) in [7, 11) is 0. The highest BCUT2D eigenvalue weighted by Gasteiger charge is 2.23. The van der Waals surface area contributed by atoms with Gasteiger partial charge in [-0.25, -0.2) is 4.79 Å². The average Bonchev–Trinajstić information content (AvgIpc) is 2.71. The minimum absolute atomic E-state index is 0.262. The van der Waals surface area contributed by atoms with Crippen LogP contribution in [0.15, 0.2) is 0 Å². The normalized spacial score (nSPS) is 10.6. The van der Waals surface area contributed by atoms with Crippen LogP contribution in [0.4, 0.5) is 0 Å². The minimum atomic E-state index is -0.470. The molecule has 0 bridgehead atoms. The zero-order valence-corrected chi connectivity index (χ0v) is 13.0. The van der Waals surface area contributed by atoms with E-state index in [9.17, 15) is 14.4 Å². The van der Waals surface area contributed by atoms with Crippen LogP contribution in [0.2, 0.25) is 0 Å². The number of nitrogens with one attached hydrogen (secondary N) is 1. The van der Waals surface area contributed by atoms with Gasteiger partial charge in [0.15, 0.2) is 6.61 Å². The lowest BCUT2D eigenvalue weighted by molar-refractivity contribution is -0.146. The molecule has 0 aliphatic carbocycles. The molecule has 0 amide bonds. The van der Waals surface area contributed by atoms with Crippen molar-refractivity contribution in [2.45, 2.75) is 34.6 Å². The van der Waals surface area contributed by atoms with Gasteiger partial charge in [0, 0.05) is 5.69 Å². The maximum absolute atomic E-state index is 12.1. The van der Waals surface area contributed by atoms with E-state index in [4.69, 9.17) is 9.47 Å². The van der Waals surface area contributed by atoms with Gasteiger partial charge in [0.25, 0.3) is 0 Å². The second-order valence-corrected chi connectivity index (χ2v) is 5.03. The Morgan fingerprint density at radius 1 is 1.14 bits per heavy atom. The fourth-order valence-corrected chi connectivity index (χ4v) is 1.91. The Hall–Kier alpha value is -2.11. The van der Waals surface area contributed by atoms with Gasteiger partial charge < -0.3 is 14.5 Å². The van der Waals surface area contributed by atoms with Crippen LogP contribution in [0.1, 0.15) is 52.9 Å². The van der Waals surface area contributed by atoms with Crippen LogP contribution in [0, 0.1) is 19.8 Å². The summed E-state index contributed by atoms with van der Waals surface area (Å²) in [4.78, 5) is 38.2. The number of esters is 2. The molecular formula is C15H21NO5. The molecule has 0 fully saturated rings. The highest BCUT2D eigenvalue weighted by atomic mass is 16.5. The van der Waals surface area contributed by atoms with Gasteiger partial charge in [-0.15, -0.1) is 0 Å². The number of rotatable bonds is 6. The number of carbonyl (C=O) groups excluding carboxylic acids is 3. The van der Waals surface area contributed by atoms with Crippen LogP contribution in [0.5, 0.6) is 0 Å². The van der Waals surface area contributed by atoms with Gasteiger partial charge in [0.1, 0.15) is 0 Å². The second kappa shape index (κ2) is 7.06. The Balaban J connectivity index is 2.89. The molecule has 6 heteroatoms. The van der Waals surface area contributed by atoms with Crippen molar-refractivity contribution in [1.82, 2.24) is 4.98 Å². The molecule has 1 rings (SSSR count). The summed E-state index contributed by atoms with van der Waals surface area (Å²) in [6, 6.07) is 0. The Bertz CT molecular complexity index is 557. The lowest BCUT2D eigenvalue weighted by Gasteiger charge is -2.06. The van der Waals surface area contributed by atoms with Crippen molar-refractivity contribution in [2.75, 3.05) is 13.2 Å². The van der Waals surface area contributed by atoms with Crippen molar-refractivity contribution in [3.8, 4) is 0 Å². The van der Waals surface area contributed by atoms with Crippen molar-refractivity contribution in [2.24, 2.45) is 5.92 Å². The zero-order valence-electron chi connectivity index (χ0n) is 13.0. The van der Waals surface area contributed by atoms with Crippen molar-refractivity contribution < 1.29 is 23.9 Å². The molecule has 21 heavy (non-hydrogen) atoms. The molecule has 0 radical (unpaired) electrons. The number of hydrogen-bond acceptors (Lipinski definition) is 5. The van der Waals surface area contributed by atoms with Crippen LogP contribution in [0.3, 0.4) is 0 Å². The summed E-state index contributed by atoms with van der Waals surface area (Å²) >= 11 is 0. The van der Waals surface area contributed by atoms with Crippen molar-refractivity contribution in [1.29, 1.82) is 0 Å². The number of H-pyrrole nitrogens is 1. The van der Waals surface area contributed by atoms with E-state index in [1.165, 1.54) is 0 Å². The SMILES string of the molecule is CCOC(=O)c1c(C)[nH]c(C(=O)COC(=O)C(C)C)c1C. The number of ether oxygens (including phenoxy) is 2. The molecule has 1 heterocycles. The zero-order chi connectivity index (χ0) is 16.2. The molecule has 1 aromatic rings. The Morgan fingerprint density at radius 2 is 1.76 bits per heavy atom. The van der Waals surface area contributed by atoms with Crippen LogP contribution >= 0.6 is 0 Å². The molecule has 0 aromatic carbocycles. The van der Waals surface area contributed by atoms with Gasteiger partial charge in [-0.1, -0.05) is 13.8 Å². The van der Waals surface area contributed by atoms with Crippen LogP contribution in [0.25, 0.3) is 0 Å². The Kier molecular flexibility index (Phi) is 5.69. The fourth-order valence-electron chi connectivity index (χ4n) is 1.91. The number of carbonyl (C=O) groups is 3. The van der Waals surface area contributed by atoms with Gasteiger partial charge in [0.05, 0.1) is 23.8 Å². The van der Waals surface area contributed by atoms with Gasteiger partial charge in [-0.2, -0.15) is 0 Å². The first kappa shape index (κ1) is 16.9. The largest absolute Gasteiger partial charge is 0.462 e. The molecule has 1 N–H and O–H groups in total. The van der Waals surface area contributed by atoms with Crippen molar-refractivity contribution in [3.63, 3.8) is 0 Å². The first-order valence-corrected chi connectivity index (χ1v) is 6.85. The first-order chi connectivity index (χ1) is 9.79. The third-order valence-electron chi connectivity index (χ3n) is 3.01. The number of aromatic amines is 1. The third-order valence-corrected chi connectivity index (χ3v) is 3.01. The predicted octanol–water partition coefficient (Wildman–Crippen LogP) is 2.19. The van der Waals surface area contributed by atoms with Gasteiger partial charge in [-0.05, 0) is 26.3 Å². The Labute approximate surface area is 123 Å². The van der Waals surface area contributed by atoms with Gasteiger partial charge >= 0.3 is 11.9 Å². The molecule has 0 atom stereocenters. The quantitative estimate of drug-likeness (QED) is 0.642. The van der Waals surface area contributed by atoms with Gasteiger partial charge in [-0.3, -0.25) is 9.59 Å². The lowest BCUT2D eigenvalue weighted by Crippen LogP contribution is -2.18. The number of hydrogen-bond donors (Lipinski definition) is 1. The predicted molar refractivity (Wildman–Crippen MR) is 76.4 cm³/mol. The molecule has 0 saturated heterocycles. The van der Waals surface area contributed by atoms with E-state index in [2.05, 4.69) is 4.98 Å². The van der Waals surface area contributed by atoms with E-state index in [0.717, 1.165) is 0 Å². The van der Waals surface area contributed by atoms with Crippen molar-refractivity contribution in [3.05, 3.63) is 22.5 Å². The standard InChI is InChI=1S/C15H21NO5/c1-6-20-15(19)12-9(4)13(16-10(12)5)11(17)7-21-14(18)8(2)3/h8,16H,6-7H2,1-5H3. The van der Waals surface area contributed by atoms with E-state index in [1.54, 1.807) is 34.6 Å². The summed E-state index contributed by atoms with van der Waals surface area (Å²) < 4.78 is 9.86. The third kappa shape index (κ3) is 3.93. The average molecular weight is 295 g/mol. The number of aromatic nitrogens is 1. The lowest BCUT2D eigenvalue weighted by atomic mass is 10.1. The van der Waals surface area contributed by atoms with E-state index in [1.807, 2.05) is 0 Å². The highest BCUT2D eigenvalue weighted by molar-refractivity contribution is 6.02. The fraction of sp³-hybridized carbons (Fsp3) is 0.533. The summed E-state index contributed by atoms with van der Waals surface area (Å²) in [5, 5.41) is 0. The summed E-state index contributed by atoms with van der Waals surface area (Å²) in [6.07, 6.45) is 0. The molecule has 6 nitrogen and oxygen atoms in total. The molecule has 1 aromatic heterocycles. The second-order valence-electron chi connectivity index (χ2n) is 5.03. The molecule has 0 aliphatic rings.